The maximum atomic E-state index is 13.1. The molecule has 0 aliphatic carbocycles. The maximum absolute atomic E-state index is 13.1. The number of carbonyl (C=O) groups is 1. The number of nitrogens with zero attached hydrogens (tertiary/aromatic N) is 1. The molecule has 1 aromatic carbocycles. The summed E-state index contributed by atoms with van der Waals surface area (Å²) in [5, 5.41) is 3.36. The number of nitrogens with one attached hydrogen (secondary N) is 1. The van der Waals surface area contributed by atoms with E-state index in [9.17, 15) is 4.79 Å². The molecule has 138 valence electrons. The molecule has 25 heavy (non-hydrogen) atoms. The van der Waals surface area contributed by atoms with Crippen molar-refractivity contribution in [2.45, 2.75) is 51.0 Å². The van der Waals surface area contributed by atoms with Gasteiger partial charge >= 0.3 is 0 Å². The zero-order chi connectivity index (χ0) is 17.9. The van der Waals surface area contributed by atoms with E-state index < -0.39 is 11.8 Å². The zero-order valence-electron chi connectivity index (χ0n) is 15.3. The highest BCUT2D eigenvalue weighted by atomic mass is 16.7. The van der Waals surface area contributed by atoms with Crippen molar-refractivity contribution in [2.75, 3.05) is 32.1 Å². The Hall–Kier alpha value is -1.79. The van der Waals surface area contributed by atoms with Gasteiger partial charge in [0, 0.05) is 18.8 Å². The fourth-order valence-corrected chi connectivity index (χ4v) is 3.37. The van der Waals surface area contributed by atoms with Crippen LogP contribution in [0, 0.1) is 0 Å². The average molecular weight is 348 g/mol. The number of carbonyl (C=O) groups excluding carboxylic acids is 1. The number of methoxy groups -OCH3 is 1. The second-order valence-electron chi connectivity index (χ2n) is 7.10. The van der Waals surface area contributed by atoms with Crippen LogP contribution in [0.25, 0.3) is 0 Å². The minimum atomic E-state index is -0.660. The number of benzene rings is 1. The Kier molecular flexibility index (Phi) is 5.49. The molecule has 2 aliphatic rings. The third-order valence-corrected chi connectivity index (χ3v) is 4.75. The van der Waals surface area contributed by atoms with Gasteiger partial charge in [-0.1, -0.05) is 0 Å². The number of amides is 1. The third-order valence-electron chi connectivity index (χ3n) is 4.75. The van der Waals surface area contributed by atoms with E-state index in [-0.39, 0.29) is 12.0 Å². The van der Waals surface area contributed by atoms with Gasteiger partial charge in [-0.15, -0.1) is 0 Å². The minimum Gasteiger partial charge on any atom is -0.497 e. The van der Waals surface area contributed by atoms with Gasteiger partial charge in [0.2, 0.25) is 5.91 Å². The van der Waals surface area contributed by atoms with Crippen LogP contribution in [-0.2, 0) is 14.3 Å². The molecular formula is C19H28N2O4. The molecule has 0 bridgehead atoms. The monoisotopic (exact) mass is 348 g/mol. The van der Waals surface area contributed by atoms with Gasteiger partial charge in [-0.25, -0.2) is 0 Å². The molecule has 3 rings (SSSR count). The lowest BCUT2D eigenvalue weighted by Crippen LogP contribution is -2.51. The second kappa shape index (κ2) is 7.62. The summed E-state index contributed by atoms with van der Waals surface area (Å²) >= 11 is 0. The first-order valence-electron chi connectivity index (χ1n) is 9.00. The largest absolute Gasteiger partial charge is 0.497 e. The first-order chi connectivity index (χ1) is 12.0. The molecule has 2 saturated heterocycles. The average Bonchev–Trinajstić information content (AvgIpc) is 3.00. The number of ether oxygens (including phenoxy) is 3. The Bertz CT molecular complexity index is 582. The van der Waals surface area contributed by atoms with E-state index in [1.54, 1.807) is 7.11 Å². The van der Waals surface area contributed by atoms with Gasteiger partial charge in [-0.2, -0.15) is 0 Å². The minimum absolute atomic E-state index is 0.0850. The van der Waals surface area contributed by atoms with Crippen molar-refractivity contribution >= 4 is 11.6 Å². The predicted octanol–water partition coefficient (Wildman–Crippen LogP) is 2.64. The summed E-state index contributed by atoms with van der Waals surface area (Å²) in [5.74, 6) is 0.208. The molecule has 0 saturated carbocycles. The van der Waals surface area contributed by atoms with Crippen molar-refractivity contribution in [3.05, 3.63) is 24.3 Å². The van der Waals surface area contributed by atoms with E-state index in [4.69, 9.17) is 14.2 Å². The molecule has 0 unspecified atom stereocenters. The Labute approximate surface area is 149 Å². The first kappa shape index (κ1) is 18.0. The summed E-state index contributed by atoms with van der Waals surface area (Å²) < 4.78 is 16.9. The molecule has 2 heterocycles. The molecule has 2 fully saturated rings. The van der Waals surface area contributed by atoms with Crippen LogP contribution in [0.2, 0.25) is 0 Å². The van der Waals surface area contributed by atoms with Gasteiger partial charge in [-0.3, -0.25) is 4.79 Å². The summed E-state index contributed by atoms with van der Waals surface area (Å²) in [6.45, 7) is 5.79. The van der Waals surface area contributed by atoms with E-state index in [0.29, 0.717) is 6.61 Å². The normalized spacial score (nSPS) is 24.0. The summed E-state index contributed by atoms with van der Waals surface area (Å²) in [7, 11) is 1.64. The highest BCUT2D eigenvalue weighted by Crippen LogP contribution is 2.27. The van der Waals surface area contributed by atoms with Crippen LogP contribution >= 0.6 is 0 Å². The summed E-state index contributed by atoms with van der Waals surface area (Å²) in [5.41, 5.74) is 0.865. The Balaban J connectivity index is 1.76. The lowest BCUT2D eigenvalue weighted by atomic mass is 10.1. The summed E-state index contributed by atoms with van der Waals surface area (Å²) in [6, 6.07) is 7.11. The van der Waals surface area contributed by atoms with Gasteiger partial charge in [0.25, 0.3) is 0 Å². The van der Waals surface area contributed by atoms with Crippen molar-refractivity contribution in [3.8, 4) is 5.75 Å². The van der Waals surface area contributed by atoms with Crippen molar-refractivity contribution < 1.29 is 19.0 Å². The van der Waals surface area contributed by atoms with Crippen LogP contribution in [0.3, 0.4) is 0 Å². The van der Waals surface area contributed by atoms with Crippen molar-refractivity contribution in [1.82, 2.24) is 4.90 Å². The molecule has 2 atom stereocenters. The van der Waals surface area contributed by atoms with Crippen molar-refractivity contribution in [3.63, 3.8) is 0 Å². The lowest BCUT2D eigenvalue weighted by Gasteiger charge is -2.33. The second-order valence-corrected chi connectivity index (χ2v) is 7.10. The third kappa shape index (κ3) is 4.44. The number of rotatable bonds is 5. The van der Waals surface area contributed by atoms with Crippen LogP contribution < -0.4 is 10.1 Å². The van der Waals surface area contributed by atoms with E-state index in [2.05, 4.69) is 5.32 Å². The lowest BCUT2D eigenvalue weighted by molar-refractivity contribution is -0.148. The standard InChI is InChI=1S/C19H28N2O4/c1-19(2)24-13-16(25-19)17(18(22)21-11-5-4-6-12-21)20-14-7-9-15(23-3)10-8-14/h7-10,16-17,20H,4-6,11-13H2,1-3H3/t16-,17+/m1/s1. The van der Waals surface area contributed by atoms with Crippen LogP contribution in [0.5, 0.6) is 5.75 Å². The fraction of sp³-hybridized carbons (Fsp3) is 0.632. The maximum Gasteiger partial charge on any atom is 0.247 e. The van der Waals surface area contributed by atoms with Crippen LogP contribution in [0.4, 0.5) is 5.69 Å². The molecular weight excluding hydrogens is 320 g/mol. The van der Waals surface area contributed by atoms with Crippen molar-refractivity contribution in [2.24, 2.45) is 0 Å². The Morgan fingerprint density at radius 1 is 1.24 bits per heavy atom. The highest BCUT2D eigenvalue weighted by Gasteiger charge is 2.42. The topological polar surface area (TPSA) is 60.0 Å². The van der Waals surface area contributed by atoms with Gasteiger partial charge in [0.1, 0.15) is 17.9 Å². The number of anilines is 1. The molecule has 6 heteroatoms. The fourth-order valence-electron chi connectivity index (χ4n) is 3.37. The van der Waals surface area contributed by atoms with E-state index in [1.807, 2.05) is 43.0 Å². The molecule has 0 aromatic heterocycles. The zero-order valence-corrected chi connectivity index (χ0v) is 15.3. The number of piperidine rings is 1. The smallest absolute Gasteiger partial charge is 0.247 e. The van der Waals surface area contributed by atoms with Crippen LogP contribution in [0.1, 0.15) is 33.1 Å². The van der Waals surface area contributed by atoms with E-state index in [0.717, 1.165) is 37.4 Å². The quantitative estimate of drug-likeness (QED) is 0.886. The number of hydrogen-bond acceptors (Lipinski definition) is 5. The molecule has 6 nitrogen and oxygen atoms in total. The SMILES string of the molecule is COc1ccc(N[C@H](C(=O)N2CCCCC2)[C@H]2COC(C)(C)O2)cc1. The molecule has 2 aliphatic heterocycles. The van der Waals surface area contributed by atoms with Gasteiger partial charge in [0.15, 0.2) is 5.79 Å². The molecule has 0 spiro atoms. The van der Waals surface area contributed by atoms with Gasteiger partial charge < -0.3 is 24.4 Å². The number of likely N-dealkylation sites (tertiary alicyclic amines) is 1. The molecule has 0 radical (unpaired) electrons. The molecule has 1 N–H and O–H groups in total. The molecule has 1 amide bonds. The van der Waals surface area contributed by atoms with Crippen molar-refractivity contribution in [1.29, 1.82) is 0 Å². The summed E-state index contributed by atoms with van der Waals surface area (Å²) in [4.78, 5) is 15.1. The van der Waals surface area contributed by atoms with Gasteiger partial charge in [0.05, 0.1) is 13.7 Å². The summed E-state index contributed by atoms with van der Waals surface area (Å²) in [6.07, 6.45) is 3.01. The van der Waals surface area contributed by atoms with E-state index in [1.165, 1.54) is 6.42 Å². The van der Waals surface area contributed by atoms with E-state index >= 15 is 0 Å². The highest BCUT2D eigenvalue weighted by molar-refractivity contribution is 5.85. The van der Waals surface area contributed by atoms with Crippen LogP contribution in [0.15, 0.2) is 24.3 Å². The Morgan fingerprint density at radius 3 is 2.48 bits per heavy atom. The predicted molar refractivity (Wildman–Crippen MR) is 95.7 cm³/mol. The number of hydrogen-bond donors (Lipinski definition) is 1. The first-order valence-corrected chi connectivity index (χ1v) is 9.00. The van der Waals surface area contributed by atoms with Gasteiger partial charge in [-0.05, 0) is 57.4 Å². The Morgan fingerprint density at radius 2 is 1.92 bits per heavy atom. The van der Waals surface area contributed by atoms with Crippen LogP contribution in [-0.4, -0.2) is 55.5 Å². The molecule has 1 aromatic rings.